The van der Waals surface area contributed by atoms with E-state index in [0.717, 1.165) is 22.4 Å². The Morgan fingerprint density at radius 1 is 0.864 bits per heavy atom. The van der Waals surface area contributed by atoms with Crippen LogP contribution in [0.5, 0.6) is 5.75 Å². The molecule has 0 aliphatic carbocycles. The molecule has 0 aliphatic rings. The number of pyridine rings is 1. The third kappa shape index (κ3) is 2.61. The van der Waals surface area contributed by atoms with Crippen molar-refractivity contribution in [2.45, 2.75) is 0 Å². The van der Waals surface area contributed by atoms with Crippen LogP contribution in [-0.2, 0) is 0 Å². The lowest BCUT2D eigenvalue weighted by Crippen LogP contribution is -1.92. The van der Waals surface area contributed by atoms with Crippen molar-refractivity contribution in [2.24, 2.45) is 4.99 Å². The van der Waals surface area contributed by atoms with E-state index in [2.05, 4.69) is 9.98 Å². The van der Waals surface area contributed by atoms with Gasteiger partial charge in [-0.15, -0.1) is 0 Å². The number of nitrogens with zero attached hydrogens (tertiary/aromatic N) is 2. The smallest absolute Gasteiger partial charge is 0.124 e. The fourth-order valence-corrected chi connectivity index (χ4v) is 2.52. The van der Waals surface area contributed by atoms with Crippen LogP contribution in [0.1, 0.15) is 5.56 Å². The van der Waals surface area contributed by atoms with Crippen LogP contribution in [-0.4, -0.2) is 23.4 Å². The van der Waals surface area contributed by atoms with Crippen molar-refractivity contribution in [2.75, 3.05) is 7.05 Å². The molecule has 3 rings (SSSR count). The number of rotatable bonds is 3. The number of aromatic nitrogens is 1. The maximum absolute atomic E-state index is 10.1. The zero-order valence-electron chi connectivity index (χ0n) is 12.3. The van der Waals surface area contributed by atoms with E-state index in [1.54, 1.807) is 25.5 Å². The second-order valence-electron chi connectivity index (χ2n) is 4.89. The van der Waals surface area contributed by atoms with Crippen LogP contribution < -0.4 is 0 Å². The number of aliphatic imine (C=N–C) groups is 1. The lowest BCUT2D eigenvalue weighted by molar-refractivity contribution is 0.475. The summed E-state index contributed by atoms with van der Waals surface area (Å²) in [6.45, 7) is 0. The Labute approximate surface area is 129 Å². The number of hydrogen-bond donors (Lipinski definition) is 1. The van der Waals surface area contributed by atoms with Crippen molar-refractivity contribution in [3.05, 3.63) is 72.4 Å². The third-order valence-electron chi connectivity index (χ3n) is 3.50. The highest BCUT2D eigenvalue weighted by Crippen LogP contribution is 2.35. The lowest BCUT2D eigenvalue weighted by atomic mass is 9.93. The molecule has 22 heavy (non-hydrogen) atoms. The highest BCUT2D eigenvalue weighted by atomic mass is 16.3. The number of phenolic OH excluding ortho intramolecular Hbond substituents is 1. The van der Waals surface area contributed by atoms with Crippen molar-refractivity contribution < 1.29 is 5.11 Å². The van der Waals surface area contributed by atoms with Gasteiger partial charge in [-0.05, 0) is 29.3 Å². The van der Waals surface area contributed by atoms with Gasteiger partial charge >= 0.3 is 0 Å². The van der Waals surface area contributed by atoms with Crippen LogP contribution >= 0.6 is 0 Å². The lowest BCUT2D eigenvalue weighted by Gasteiger charge is -2.12. The van der Waals surface area contributed by atoms with Gasteiger partial charge in [-0.2, -0.15) is 0 Å². The van der Waals surface area contributed by atoms with Crippen molar-refractivity contribution in [3.8, 4) is 28.1 Å². The molecule has 0 amide bonds. The van der Waals surface area contributed by atoms with Gasteiger partial charge in [0, 0.05) is 30.6 Å². The van der Waals surface area contributed by atoms with E-state index in [9.17, 15) is 5.11 Å². The Morgan fingerprint density at radius 2 is 1.59 bits per heavy atom. The fraction of sp³-hybridized carbons (Fsp3) is 0.0526. The van der Waals surface area contributed by atoms with E-state index in [-0.39, 0.29) is 5.75 Å². The van der Waals surface area contributed by atoms with Crippen LogP contribution in [0.25, 0.3) is 22.4 Å². The Bertz CT molecular complexity index is 811. The predicted molar refractivity (Wildman–Crippen MR) is 90.3 cm³/mol. The van der Waals surface area contributed by atoms with Gasteiger partial charge in [0.2, 0.25) is 0 Å². The predicted octanol–water partition coefficient (Wildman–Crippen LogP) is 4.17. The summed E-state index contributed by atoms with van der Waals surface area (Å²) in [6.07, 6.45) is 3.46. The molecule has 0 spiro atoms. The standard InChI is InChI=1S/C19H16N2O/c1-20-13-17-15(9-6-11-19(17)22)14-7-2-3-8-16(14)18-10-4-5-12-21-18/h2-13,22H,1H3. The summed E-state index contributed by atoms with van der Waals surface area (Å²) < 4.78 is 0. The van der Waals surface area contributed by atoms with Crippen LogP contribution in [0.3, 0.4) is 0 Å². The minimum absolute atomic E-state index is 0.221. The second-order valence-corrected chi connectivity index (χ2v) is 4.89. The zero-order valence-corrected chi connectivity index (χ0v) is 12.3. The first-order chi connectivity index (χ1) is 10.8. The molecular weight excluding hydrogens is 272 g/mol. The van der Waals surface area contributed by atoms with E-state index in [0.29, 0.717) is 5.56 Å². The minimum Gasteiger partial charge on any atom is -0.507 e. The van der Waals surface area contributed by atoms with Crippen LogP contribution in [0.15, 0.2) is 71.9 Å². The topological polar surface area (TPSA) is 45.5 Å². The Hall–Kier alpha value is -2.94. The largest absolute Gasteiger partial charge is 0.507 e. The van der Waals surface area contributed by atoms with Crippen molar-refractivity contribution >= 4 is 6.21 Å². The average Bonchev–Trinajstić information content (AvgIpc) is 2.58. The molecule has 0 saturated heterocycles. The molecule has 0 bridgehead atoms. The van der Waals surface area contributed by atoms with Crippen molar-refractivity contribution in [1.82, 2.24) is 4.98 Å². The molecule has 0 radical (unpaired) electrons. The second kappa shape index (κ2) is 6.22. The van der Waals surface area contributed by atoms with Gasteiger partial charge in [-0.25, -0.2) is 0 Å². The molecule has 3 aromatic rings. The summed E-state index contributed by atoms with van der Waals surface area (Å²) >= 11 is 0. The van der Waals surface area contributed by atoms with E-state index in [1.807, 2.05) is 54.6 Å². The van der Waals surface area contributed by atoms with Crippen molar-refractivity contribution in [3.63, 3.8) is 0 Å². The molecule has 0 fully saturated rings. The molecule has 0 saturated carbocycles. The Kier molecular flexibility index (Phi) is 3.97. The first-order valence-corrected chi connectivity index (χ1v) is 7.06. The van der Waals surface area contributed by atoms with E-state index in [4.69, 9.17) is 0 Å². The zero-order chi connectivity index (χ0) is 15.4. The highest BCUT2D eigenvalue weighted by Gasteiger charge is 2.12. The third-order valence-corrected chi connectivity index (χ3v) is 3.50. The number of hydrogen-bond acceptors (Lipinski definition) is 3. The summed E-state index contributed by atoms with van der Waals surface area (Å²) in [5, 5.41) is 10.1. The van der Waals surface area contributed by atoms with Gasteiger partial charge in [-0.1, -0.05) is 42.5 Å². The van der Waals surface area contributed by atoms with Gasteiger partial charge in [0.1, 0.15) is 5.75 Å². The quantitative estimate of drug-likeness (QED) is 0.735. The molecule has 1 N–H and O–H groups in total. The fourth-order valence-electron chi connectivity index (χ4n) is 2.52. The monoisotopic (exact) mass is 288 g/mol. The molecule has 0 atom stereocenters. The summed E-state index contributed by atoms with van der Waals surface area (Å²) in [4.78, 5) is 8.49. The number of aromatic hydroxyl groups is 1. The van der Waals surface area contributed by atoms with Gasteiger partial charge in [-0.3, -0.25) is 9.98 Å². The van der Waals surface area contributed by atoms with Gasteiger partial charge < -0.3 is 5.11 Å². The molecular formula is C19H16N2O. The van der Waals surface area contributed by atoms with E-state index >= 15 is 0 Å². The Balaban J connectivity index is 2.25. The van der Waals surface area contributed by atoms with Gasteiger partial charge in [0.05, 0.1) is 5.69 Å². The molecule has 3 nitrogen and oxygen atoms in total. The molecule has 108 valence electrons. The van der Waals surface area contributed by atoms with E-state index < -0.39 is 0 Å². The van der Waals surface area contributed by atoms with Crippen molar-refractivity contribution in [1.29, 1.82) is 0 Å². The number of phenols is 1. The molecule has 1 aromatic heterocycles. The first-order valence-electron chi connectivity index (χ1n) is 7.06. The first kappa shape index (κ1) is 14.0. The summed E-state index contributed by atoms with van der Waals surface area (Å²) in [6, 6.07) is 19.4. The maximum Gasteiger partial charge on any atom is 0.124 e. The summed E-state index contributed by atoms with van der Waals surface area (Å²) in [7, 11) is 1.70. The summed E-state index contributed by atoms with van der Waals surface area (Å²) in [5.41, 5.74) is 4.60. The van der Waals surface area contributed by atoms with Gasteiger partial charge in [0.25, 0.3) is 0 Å². The normalized spacial score (nSPS) is 11.0. The molecule has 1 heterocycles. The molecule has 0 unspecified atom stereocenters. The van der Waals surface area contributed by atoms with Crippen LogP contribution in [0, 0.1) is 0 Å². The summed E-state index contributed by atoms with van der Waals surface area (Å²) in [5.74, 6) is 0.221. The molecule has 0 aliphatic heterocycles. The van der Waals surface area contributed by atoms with Gasteiger partial charge in [0.15, 0.2) is 0 Å². The van der Waals surface area contributed by atoms with Crippen LogP contribution in [0.4, 0.5) is 0 Å². The minimum atomic E-state index is 0.221. The van der Waals surface area contributed by atoms with Crippen LogP contribution in [0.2, 0.25) is 0 Å². The SMILES string of the molecule is CN=Cc1c(O)cccc1-c1ccccc1-c1ccccn1. The molecule has 2 aromatic carbocycles. The van der Waals surface area contributed by atoms with E-state index in [1.165, 1.54) is 0 Å². The maximum atomic E-state index is 10.1. The highest BCUT2D eigenvalue weighted by molar-refractivity contribution is 5.96. The molecule has 3 heteroatoms. The average molecular weight is 288 g/mol. The number of benzene rings is 2. The Morgan fingerprint density at radius 3 is 2.32 bits per heavy atom.